The number of nitrogens with zero attached hydrogens (tertiary/aromatic N) is 4. The van der Waals surface area contributed by atoms with Crippen molar-refractivity contribution in [1.82, 2.24) is 14.8 Å². The van der Waals surface area contributed by atoms with Crippen LogP contribution in [0.3, 0.4) is 0 Å². The molecule has 108 valence electrons. The van der Waals surface area contributed by atoms with Crippen molar-refractivity contribution in [3.05, 3.63) is 71.8 Å². The zero-order chi connectivity index (χ0) is 15.4. The summed E-state index contributed by atoms with van der Waals surface area (Å²) in [6.07, 6.45) is 1.56. The largest absolute Gasteiger partial charge is 0.277 e. The maximum absolute atomic E-state index is 13.3. The first-order valence-corrected chi connectivity index (χ1v) is 7.52. The van der Waals surface area contributed by atoms with Crippen molar-refractivity contribution in [2.24, 2.45) is 0 Å². The molecule has 0 fully saturated rings. The molecule has 1 heterocycles. The molecule has 0 saturated heterocycles. The number of hydrogen-bond acceptors (Lipinski definition) is 4. The van der Waals surface area contributed by atoms with Crippen molar-refractivity contribution in [2.75, 3.05) is 0 Å². The topological polar surface area (TPSA) is 54.5 Å². The molecule has 0 saturated carbocycles. The summed E-state index contributed by atoms with van der Waals surface area (Å²) in [6, 6.07) is 15.8. The first-order valence-electron chi connectivity index (χ1n) is 6.54. The lowest BCUT2D eigenvalue weighted by atomic mass is 10.2. The van der Waals surface area contributed by atoms with Crippen molar-refractivity contribution >= 4 is 11.8 Å². The van der Waals surface area contributed by atoms with E-state index < -0.39 is 0 Å². The summed E-state index contributed by atoms with van der Waals surface area (Å²) in [4.78, 5) is 0. The molecular formula is C16H11FN4S. The minimum absolute atomic E-state index is 0.302. The molecule has 0 aliphatic heterocycles. The maximum Gasteiger partial charge on any atom is 0.195 e. The van der Waals surface area contributed by atoms with Gasteiger partial charge < -0.3 is 0 Å². The lowest BCUT2D eigenvalue weighted by molar-refractivity contribution is 0.626. The van der Waals surface area contributed by atoms with E-state index in [0.29, 0.717) is 22.2 Å². The van der Waals surface area contributed by atoms with Gasteiger partial charge in [-0.25, -0.2) is 4.39 Å². The van der Waals surface area contributed by atoms with Gasteiger partial charge in [-0.3, -0.25) is 4.57 Å². The fraction of sp³-hybridized carbons (Fsp3) is 0.0625. The third-order valence-corrected chi connectivity index (χ3v) is 4.04. The van der Waals surface area contributed by atoms with Gasteiger partial charge in [0.05, 0.1) is 17.3 Å². The number of hydrogen-bond donors (Lipinski definition) is 0. The average Bonchev–Trinajstić information content (AvgIpc) is 3.02. The molecule has 0 N–H and O–H groups in total. The highest BCUT2D eigenvalue weighted by atomic mass is 32.2. The lowest BCUT2D eigenvalue weighted by Gasteiger charge is -2.06. The van der Waals surface area contributed by atoms with Crippen LogP contribution in [-0.4, -0.2) is 14.8 Å². The van der Waals surface area contributed by atoms with Crippen LogP contribution in [0.25, 0.3) is 5.69 Å². The highest BCUT2D eigenvalue weighted by molar-refractivity contribution is 7.98. The minimum Gasteiger partial charge on any atom is -0.277 e. The van der Waals surface area contributed by atoms with Crippen LogP contribution in [0, 0.1) is 17.1 Å². The Morgan fingerprint density at radius 3 is 2.86 bits per heavy atom. The summed E-state index contributed by atoms with van der Waals surface area (Å²) in [5.74, 6) is 0.354. The average molecular weight is 310 g/mol. The molecule has 22 heavy (non-hydrogen) atoms. The van der Waals surface area contributed by atoms with E-state index in [1.54, 1.807) is 29.1 Å². The smallest absolute Gasteiger partial charge is 0.195 e. The minimum atomic E-state index is -0.302. The van der Waals surface area contributed by atoms with Crippen molar-refractivity contribution in [3.63, 3.8) is 0 Å². The summed E-state index contributed by atoms with van der Waals surface area (Å²) in [5, 5.41) is 17.5. The molecule has 3 rings (SSSR count). The SMILES string of the molecule is N#Cc1cccc(CSc2nncn2-c2cccc(F)c2)c1. The fourth-order valence-electron chi connectivity index (χ4n) is 2.00. The van der Waals surface area contributed by atoms with Gasteiger partial charge in [0.25, 0.3) is 0 Å². The Balaban J connectivity index is 1.80. The standard InChI is InChI=1S/C16H11FN4S/c17-14-5-2-6-15(8-14)21-11-19-20-16(21)22-10-13-4-1-3-12(7-13)9-18/h1-8,11H,10H2. The van der Waals surface area contributed by atoms with E-state index in [1.807, 2.05) is 18.2 Å². The van der Waals surface area contributed by atoms with Gasteiger partial charge in [0.15, 0.2) is 5.16 Å². The Labute approximate surface area is 131 Å². The lowest BCUT2D eigenvalue weighted by Crippen LogP contribution is -1.96. The fourth-order valence-corrected chi connectivity index (χ4v) is 2.88. The molecule has 0 atom stereocenters. The molecule has 6 heteroatoms. The second-order valence-electron chi connectivity index (χ2n) is 4.56. The van der Waals surface area contributed by atoms with Gasteiger partial charge >= 0.3 is 0 Å². The van der Waals surface area contributed by atoms with E-state index in [4.69, 9.17) is 5.26 Å². The zero-order valence-corrected chi connectivity index (χ0v) is 12.3. The maximum atomic E-state index is 13.3. The monoisotopic (exact) mass is 310 g/mol. The van der Waals surface area contributed by atoms with Gasteiger partial charge in [-0.05, 0) is 35.9 Å². The van der Waals surface area contributed by atoms with E-state index in [2.05, 4.69) is 16.3 Å². The molecule has 0 bridgehead atoms. The van der Waals surface area contributed by atoms with E-state index >= 15 is 0 Å². The van der Waals surface area contributed by atoms with Crippen LogP contribution in [0.1, 0.15) is 11.1 Å². The molecular weight excluding hydrogens is 299 g/mol. The zero-order valence-electron chi connectivity index (χ0n) is 11.5. The van der Waals surface area contributed by atoms with Gasteiger partial charge in [-0.15, -0.1) is 10.2 Å². The number of rotatable bonds is 4. The Morgan fingerprint density at radius 2 is 2.05 bits per heavy atom. The number of halogens is 1. The Hall–Kier alpha value is -2.65. The Morgan fingerprint density at radius 1 is 1.18 bits per heavy atom. The van der Waals surface area contributed by atoms with Crippen LogP contribution in [0.4, 0.5) is 4.39 Å². The Bertz CT molecular complexity index is 838. The summed E-state index contributed by atoms with van der Waals surface area (Å²) in [5.41, 5.74) is 2.33. The molecule has 0 aliphatic carbocycles. The van der Waals surface area contributed by atoms with Crippen LogP contribution in [-0.2, 0) is 5.75 Å². The summed E-state index contributed by atoms with van der Waals surface area (Å²) < 4.78 is 15.1. The molecule has 4 nitrogen and oxygen atoms in total. The quantitative estimate of drug-likeness (QED) is 0.691. The molecule has 0 amide bonds. The van der Waals surface area contributed by atoms with Gasteiger partial charge in [-0.2, -0.15) is 5.26 Å². The molecule has 1 aromatic heterocycles. The second-order valence-corrected chi connectivity index (χ2v) is 5.51. The van der Waals surface area contributed by atoms with Crippen molar-refractivity contribution in [1.29, 1.82) is 5.26 Å². The molecule has 0 aliphatic rings. The highest BCUT2D eigenvalue weighted by Gasteiger charge is 2.08. The van der Waals surface area contributed by atoms with Gasteiger partial charge in [0.1, 0.15) is 12.1 Å². The predicted molar refractivity (Wildman–Crippen MR) is 82.0 cm³/mol. The van der Waals surface area contributed by atoms with Crippen molar-refractivity contribution < 1.29 is 4.39 Å². The second kappa shape index (κ2) is 6.41. The molecule has 0 spiro atoms. The summed E-state index contributed by atoms with van der Waals surface area (Å²) >= 11 is 1.48. The number of aromatic nitrogens is 3. The number of benzene rings is 2. The number of thioether (sulfide) groups is 1. The highest BCUT2D eigenvalue weighted by Crippen LogP contribution is 2.24. The van der Waals surface area contributed by atoms with Gasteiger partial charge in [-0.1, -0.05) is 30.0 Å². The normalized spacial score (nSPS) is 10.4. The van der Waals surface area contributed by atoms with Crippen LogP contribution >= 0.6 is 11.8 Å². The molecule has 2 aromatic carbocycles. The van der Waals surface area contributed by atoms with Crippen LogP contribution in [0.2, 0.25) is 0 Å². The third kappa shape index (κ3) is 3.15. The first-order chi connectivity index (χ1) is 10.8. The van der Waals surface area contributed by atoms with E-state index in [9.17, 15) is 4.39 Å². The molecule has 3 aromatic rings. The van der Waals surface area contributed by atoms with Gasteiger partial charge in [0.2, 0.25) is 0 Å². The van der Waals surface area contributed by atoms with Crippen LogP contribution in [0.15, 0.2) is 60.0 Å². The molecule has 0 unspecified atom stereocenters. The summed E-state index contributed by atoms with van der Waals surface area (Å²) in [7, 11) is 0. The van der Waals surface area contributed by atoms with Gasteiger partial charge in [0, 0.05) is 5.75 Å². The number of nitriles is 1. The molecule has 0 radical (unpaired) electrons. The van der Waals surface area contributed by atoms with E-state index in [0.717, 1.165) is 5.56 Å². The van der Waals surface area contributed by atoms with Crippen LogP contribution in [0.5, 0.6) is 0 Å². The Kier molecular flexibility index (Phi) is 4.17. The first kappa shape index (κ1) is 14.3. The van der Waals surface area contributed by atoms with Crippen molar-refractivity contribution in [3.8, 4) is 11.8 Å². The van der Waals surface area contributed by atoms with E-state index in [1.165, 1.54) is 23.9 Å². The third-order valence-electron chi connectivity index (χ3n) is 3.03. The van der Waals surface area contributed by atoms with Crippen LogP contribution < -0.4 is 0 Å². The van der Waals surface area contributed by atoms with E-state index in [-0.39, 0.29) is 5.82 Å². The van der Waals surface area contributed by atoms with Crippen molar-refractivity contribution in [2.45, 2.75) is 10.9 Å². The predicted octanol–water partition coefficient (Wildman–Crippen LogP) is 3.57. The summed E-state index contributed by atoms with van der Waals surface area (Å²) in [6.45, 7) is 0.